The Morgan fingerprint density at radius 1 is 0.815 bits per heavy atom. The van der Waals surface area contributed by atoms with Gasteiger partial charge in [-0.05, 0) is 72.6 Å². The average molecular weight is 422 g/mol. The molecule has 1 atom stereocenters. The molecule has 0 amide bonds. The molecule has 0 saturated carbocycles. The molecule has 8 heteroatoms. The maximum Gasteiger partial charge on any atom is 0.340 e. The van der Waals surface area contributed by atoms with Crippen LogP contribution in [0.3, 0.4) is 0 Å². The van der Waals surface area contributed by atoms with Crippen LogP contribution in [0.25, 0.3) is 0 Å². The van der Waals surface area contributed by atoms with Crippen molar-refractivity contribution in [1.82, 2.24) is 0 Å². The van der Waals surface area contributed by atoms with E-state index in [9.17, 15) is 14.0 Å². The van der Waals surface area contributed by atoms with Gasteiger partial charge in [-0.15, -0.1) is 0 Å². The standard InChI is InChI=1S/C19H36O6P2/c1-17(2)10-8-12-19(4)14-9-13-18(3)11-6-5-7-15-25-27(23,24)16-26(20,21)22/h10-11,14H,5-9,12-13,15-16H2,1-4H3,(H,23,24)(H2,20,21,22). The molecule has 0 spiro atoms. The van der Waals surface area contributed by atoms with E-state index in [1.54, 1.807) is 0 Å². The number of hydrogen-bond acceptors (Lipinski definition) is 3. The Kier molecular flexibility index (Phi) is 13.4. The molecule has 0 aromatic rings. The maximum atomic E-state index is 11.5. The number of rotatable bonds is 14. The Labute approximate surface area is 164 Å². The summed E-state index contributed by atoms with van der Waals surface area (Å²) in [6.45, 7) is 8.53. The molecule has 0 saturated heterocycles. The van der Waals surface area contributed by atoms with Crippen molar-refractivity contribution in [3.63, 3.8) is 0 Å². The quantitative estimate of drug-likeness (QED) is 0.183. The van der Waals surface area contributed by atoms with Gasteiger partial charge in [0, 0.05) is 0 Å². The van der Waals surface area contributed by atoms with Gasteiger partial charge in [0.05, 0.1) is 6.61 Å². The first kappa shape index (κ1) is 26.5. The van der Waals surface area contributed by atoms with Gasteiger partial charge in [0.25, 0.3) is 0 Å². The number of hydrogen-bond donors (Lipinski definition) is 3. The van der Waals surface area contributed by atoms with E-state index in [0.29, 0.717) is 6.42 Å². The molecule has 0 aromatic carbocycles. The Morgan fingerprint density at radius 3 is 1.85 bits per heavy atom. The van der Waals surface area contributed by atoms with Crippen molar-refractivity contribution in [1.29, 1.82) is 0 Å². The minimum atomic E-state index is -4.55. The van der Waals surface area contributed by atoms with Crippen molar-refractivity contribution in [3.8, 4) is 0 Å². The van der Waals surface area contributed by atoms with Gasteiger partial charge >= 0.3 is 15.2 Å². The molecule has 0 bridgehead atoms. The van der Waals surface area contributed by atoms with Crippen LogP contribution in [-0.2, 0) is 13.7 Å². The van der Waals surface area contributed by atoms with Gasteiger partial charge in [-0.3, -0.25) is 9.13 Å². The summed E-state index contributed by atoms with van der Waals surface area (Å²) in [5, 5.41) is 0. The molecule has 0 aliphatic heterocycles. The Balaban J connectivity index is 3.93. The van der Waals surface area contributed by atoms with Crippen molar-refractivity contribution in [2.24, 2.45) is 0 Å². The highest BCUT2D eigenvalue weighted by molar-refractivity contribution is 7.70. The van der Waals surface area contributed by atoms with E-state index in [0.717, 1.165) is 38.5 Å². The summed E-state index contributed by atoms with van der Waals surface area (Å²) in [5.74, 6) is -1.12. The highest BCUT2D eigenvalue weighted by Gasteiger charge is 2.30. The lowest BCUT2D eigenvalue weighted by molar-refractivity contribution is 0.255. The fraction of sp³-hybridized carbons (Fsp3) is 0.684. The average Bonchev–Trinajstić information content (AvgIpc) is 2.47. The number of allylic oxidation sites excluding steroid dienone is 6. The molecule has 158 valence electrons. The van der Waals surface area contributed by atoms with Crippen LogP contribution in [0.1, 0.15) is 72.6 Å². The molecule has 0 radical (unpaired) electrons. The van der Waals surface area contributed by atoms with E-state index in [1.165, 1.54) is 16.7 Å². The molecule has 3 N–H and O–H groups in total. The fourth-order valence-electron chi connectivity index (χ4n) is 2.41. The van der Waals surface area contributed by atoms with Crippen molar-refractivity contribution >= 4 is 15.2 Å². The van der Waals surface area contributed by atoms with Crippen molar-refractivity contribution in [2.45, 2.75) is 72.6 Å². The predicted molar refractivity (Wildman–Crippen MR) is 112 cm³/mol. The summed E-state index contributed by atoms with van der Waals surface area (Å²) in [6.07, 6.45) is 13.2. The van der Waals surface area contributed by atoms with Gasteiger partial charge in [0.15, 0.2) is 5.90 Å². The van der Waals surface area contributed by atoms with E-state index in [4.69, 9.17) is 14.3 Å². The van der Waals surface area contributed by atoms with Gasteiger partial charge in [0.2, 0.25) is 0 Å². The second-order valence-electron chi connectivity index (χ2n) is 7.23. The van der Waals surface area contributed by atoms with Crippen molar-refractivity contribution < 1.29 is 28.3 Å². The molecule has 1 unspecified atom stereocenters. The second kappa shape index (κ2) is 13.7. The molecule has 0 rings (SSSR count). The summed E-state index contributed by atoms with van der Waals surface area (Å²) in [7, 11) is -8.75. The SMILES string of the molecule is CC(C)=CCCC(C)=CCCC(C)=CCCCCOP(=O)(O)CP(=O)(O)O. The predicted octanol–water partition coefficient (Wildman–Crippen LogP) is 5.91. The van der Waals surface area contributed by atoms with Crippen LogP contribution in [0.15, 0.2) is 34.9 Å². The van der Waals surface area contributed by atoms with Crippen LogP contribution >= 0.6 is 15.2 Å². The van der Waals surface area contributed by atoms with Gasteiger partial charge in [-0.2, -0.15) is 0 Å². The normalized spacial score (nSPS) is 15.5. The summed E-state index contributed by atoms with van der Waals surface area (Å²) in [4.78, 5) is 26.8. The Bertz CT molecular complexity index is 612. The van der Waals surface area contributed by atoms with Crippen LogP contribution in [0.5, 0.6) is 0 Å². The lowest BCUT2D eigenvalue weighted by Crippen LogP contribution is -1.97. The van der Waals surface area contributed by atoms with Crippen LogP contribution in [0, 0.1) is 0 Å². The van der Waals surface area contributed by atoms with E-state index >= 15 is 0 Å². The summed E-state index contributed by atoms with van der Waals surface area (Å²) < 4.78 is 26.9. The van der Waals surface area contributed by atoms with Crippen molar-refractivity contribution in [2.75, 3.05) is 12.5 Å². The summed E-state index contributed by atoms with van der Waals surface area (Å²) in [5.41, 5.74) is 4.09. The molecule has 27 heavy (non-hydrogen) atoms. The second-order valence-corrected chi connectivity index (χ2v) is 11.2. The maximum absolute atomic E-state index is 11.5. The third-order valence-corrected chi connectivity index (χ3v) is 7.36. The molecular formula is C19H36O6P2. The molecule has 0 fully saturated rings. The van der Waals surface area contributed by atoms with Crippen LogP contribution in [0.4, 0.5) is 0 Å². The first-order valence-electron chi connectivity index (χ1n) is 9.37. The van der Waals surface area contributed by atoms with E-state index in [1.807, 2.05) is 0 Å². The third-order valence-electron chi connectivity index (χ3n) is 3.87. The third kappa shape index (κ3) is 18.6. The van der Waals surface area contributed by atoms with E-state index in [-0.39, 0.29) is 6.61 Å². The van der Waals surface area contributed by atoms with Gasteiger partial charge in [0.1, 0.15) is 0 Å². The smallest absolute Gasteiger partial charge is 0.324 e. The van der Waals surface area contributed by atoms with E-state index in [2.05, 4.69) is 45.9 Å². The zero-order valence-corrected chi connectivity index (χ0v) is 18.8. The molecule has 0 aromatic heterocycles. The van der Waals surface area contributed by atoms with Gasteiger partial charge < -0.3 is 19.2 Å². The lowest BCUT2D eigenvalue weighted by Gasteiger charge is -2.12. The van der Waals surface area contributed by atoms with Crippen molar-refractivity contribution in [3.05, 3.63) is 34.9 Å². The first-order chi connectivity index (χ1) is 12.4. The van der Waals surface area contributed by atoms with Gasteiger partial charge in [-0.1, -0.05) is 34.9 Å². The largest absolute Gasteiger partial charge is 0.340 e. The minimum Gasteiger partial charge on any atom is -0.324 e. The lowest BCUT2D eigenvalue weighted by atomic mass is 10.1. The molecule has 6 nitrogen and oxygen atoms in total. The monoisotopic (exact) mass is 422 g/mol. The summed E-state index contributed by atoms with van der Waals surface area (Å²) >= 11 is 0. The molecule has 0 aliphatic rings. The van der Waals surface area contributed by atoms with Crippen LogP contribution in [-0.4, -0.2) is 27.2 Å². The zero-order valence-electron chi connectivity index (χ0n) is 17.1. The van der Waals surface area contributed by atoms with E-state index < -0.39 is 21.1 Å². The molecule has 0 heterocycles. The Hall–Kier alpha value is -0.480. The zero-order chi connectivity index (χ0) is 20.9. The first-order valence-corrected chi connectivity index (χ1v) is 12.9. The van der Waals surface area contributed by atoms with Gasteiger partial charge in [-0.25, -0.2) is 0 Å². The topological polar surface area (TPSA) is 104 Å². The number of unbranched alkanes of at least 4 members (excludes halogenated alkanes) is 2. The fourth-order valence-corrected chi connectivity index (χ4v) is 5.02. The van der Waals surface area contributed by atoms with Crippen LogP contribution in [0.2, 0.25) is 0 Å². The summed E-state index contributed by atoms with van der Waals surface area (Å²) in [6, 6.07) is 0. The highest BCUT2D eigenvalue weighted by Crippen LogP contribution is 2.55. The van der Waals surface area contributed by atoms with Crippen LogP contribution < -0.4 is 0 Å². The molecule has 0 aliphatic carbocycles. The minimum absolute atomic E-state index is 0.0221. The molecular weight excluding hydrogens is 386 g/mol. The Morgan fingerprint density at radius 2 is 1.33 bits per heavy atom. The highest BCUT2D eigenvalue weighted by atomic mass is 31.2.